The van der Waals surface area contributed by atoms with Crippen LogP contribution in [0, 0.1) is 18.8 Å². The number of carbonyl (C=O) groups is 4. The van der Waals surface area contributed by atoms with Gasteiger partial charge in [-0.3, -0.25) is 19.2 Å². The van der Waals surface area contributed by atoms with Crippen LogP contribution in [0.3, 0.4) is 0 Å². The van der Waals surface area contributed by atoms with Crippen LogP contribution in [0.4, 0.5) is 5.69 Å². The monoisotopic (exact) mass is 561 g/mol. The second-order valence-electron chi connectivity index (χ2n) is 9.80. The highest BCUT2D eigenvalue weighted by atomic mass is 35.5. The molecular weight excluding hydrogens is 538 g/mol. The van der Waals surface area contributed by atoms with Crippen molar-refractivity contribution in [1.29, 1.82) is 0 Å². The van der Waals surface area contributed by atoms with E-state index in [1.807, 2.05) is 6.92 Å². The Hall–Kier alpha value is -4.21. The first-order valence-corrected chi connectivity index (χ1v) is 13.1. The highest BCUT2D eigenvalue weighted by Crippen LogP contribution is 2.55. The maximum atomic E-state index is 14.1. The Morgan fingerprint density at radius 2 is 1.70 bits per heavy atom. The van der Waals surface area contributed by atoms with Gasteiger partial charge in [-0.2, -0.15) is 0 Å². The van der Waals surface area contributed by atoms with Gasteiger partial charge < -0.3 is 24.3 Å². The SMILES string of the molecule is CCOC(=O)[C@H]1[C@H](C(=O)Nc2ccc3c(c2)OCO3)C(c2ccc(C)c(Cl)c2)OC12C(=O)c1ccccc1C2=O. The summed E-state index contributed by atoms with van der Waals surface area (Å²) in [4.78, 5) is 55.6. The molecule has 3 aliphatic rings. The molecule has 0 bridgehead atoms. The molecule has 1 spiro atoms. The smallest absolute Gasteiger partial charge is 0.313 e. The predicted octanol–water partition coefficient (Wildman–Crippen LogP) is 4.70. The molecule has 0 radical (unpaired) electrons. The summed E-state index contributed by atoms with van der Waals surface area (Å²) in [5, 5.41) is 3.21. The summed E-state index contributed by atoms with van der Waals surface area (Å²) in [6, 6.07) is 16.2. The fourth-order valence-electron chi connectivity index (χ4n) is 5.64. The number of aryl methyl sites for hydroxylation is 1. The minimum absolute atomic E-state index is 0.0295. The Labute approximate surface area is 234 Å². The zero-order valence-electron chi connectivity index (χ0n) is 21.6. The molecule has 10 heteroatoms. The highest BCUT2D eigenvalue weighted by molar-refractivity contribution is 6.34. The Bertz CT molecular complexity index is 1550. The number of Topliss-reactive ketones (excluding diaryl/α,β-unsaturated/α-hetero) is 2. The van der Waals surface area contributed by atoms with Gasteiger partial charge in [0.05, 0.1) is 18.6 Å². The number of benzene rings is 3. The fourth-order valence-corrected chi connectivity index (χ4v) is 5.83. The number of rotatable bonds is 5. The lowest BCUT2D eigenvalue weighted by molar-refractivity contribution is -0.153. The summed E-state index contributed by atoms with van der Waals surface area (Å²) in [6.45, 7) is 3.44. The van der Waals surface area contributed by atoms with Crippen molar-refractivity contribution in [3.63, 3.8) is 0 Å². The van der Waals surface area contributed by atoms with E-state index in [9.17, 15) is 19.2 Å². The molecule has 6 rings (SSSR count). The van der Waals surface area contributed by atoms with E-state index >= 15 is 0 Å². The second-order valence-corrected chi connectivity index (χ2v) is 10.2. The number of esters is 1. The first-order chi connectivity index (χ1) is 19.3. The molecular formula is C30H24ClNO8. The van der Waals surface area contributed by atoms with E-state index in [1.165, 1.54) is 12.1 Å². The molecule has 1 saturated heterocycles. The largest absolute Gasteiger partial charge is 0.466 e. The lowest BCUT2D eigenvalue weighted by Crippen LogP contribution is -2.52. The van der Waals surface area contributed by atoms with Crippen molar-refractivity contribution in [1.82, 2.24) is 0 Å². The number of fused-ring (bicyclic) bond motifs is 2. The third kappa shape index (κ3) is 3.88. The van der Waals surface area contributed by atoms with Crippen LogP contribution >= 0.6 is 11.6 Å². The van der Waals surface area contributed by atoms with E-state index in [4.69, 9.17) is 30.5 Å². The maximum absolute atomic E-state index is 14.1. The van der Waals surface area contributed by atoms with Crippen LogP contribution < -0.4 is 14.8 Å². The first-order valence-electron chi connectivity index (χ1n) is 12.8. The molecule has 9 nitrogen and oxygen atoms in total. The molecule has 2 aliphatic heterocycles. The van der Waals surface area contributed by atoms with Crippen LogP contribution in [-0.2, 0) is 19.1 Å². The minimum atomic E-state index is -2.28. The quantitative estimate of drug-likeness (QED) is 0.352. The molecule has 204 valence electrons. The number of halogens is 1. The Morgan fingerprint density at radius 3 is 2.38 bits per heavy atom. The molecule has 3 aromatic carbocycles. The predicted molar refractivity (Wildman–Crippen MR) is 143 cm³/mol. The van der Waals surface area contributed by atoms with Crippen molar-refractivity contribution in [2.24, 2.45) is 11.8 Å². The lowest BCUT2D eigenvalue weighted by atomic mass is 9.75. The Balaban J connectivity index is 1.49. The van der Waals surface area contributed by atoms with E-state index in [-0.39, 0.29) is 24.5 Å². The second kappa shape index (κ2) is 9.76. The Kier molecular flexibility index (Phi) is 6.35. The van der Waals surface area contributed by atoms with E-state index < -0.39 is 47.0 Å². The zero-order valence-corrected chi connectivity index (χ0v) is 22.3. The van der Waals surface area contributed by atoms with E-state index in [2.05, 4.69) is 5.32 Å². The van der Waals surface area contributed by atoms with E-state index in [0.29, 0.717) is 27.8 Å². The van der Waals surface area contributed by atoms with Crippen molar-refractivity contribution >= 4 is 40.7 Å². The van der Waals surface area contributed by atoms with Gasteiger partial charge in [-0.1, -0.05) is 48.0 Å². The zero-order chi connectivity index (χ0) is 28.2. The van der Waals surface area contributed by atoms with Crippen molar-refractivity contribution in [3.05, 3.63) is 87.9 Å². The van der Waals surface area contributed by atoms with Gasteiger partial charge in [-0.05, 0) is 43.2 Å². The third-order valence-electron chi connectivity index (χ3n) is 7.53. The average Bonchev–Trinajstić information content (AvgIpc) is 3.62. The molecule has 0 aromatic heterocycles. The molecule has 3 aromatic rings. The normalized spacial score (nSPS) is 21.9. The van der Waals surface area contributed by atoms with Gasteiger partial charge in [-0.25, -0.2) is 0 Å². The number of ketones is 2. The van der Waals surface area contributed by atoms with Crippen LogP contribution in [0.5, 0.6) is 11.5 Å². The van der Waals surface area contributed by atoms with Crippen molar-refractivity contribution in [2.75, 3.05) is 18.7 Å². The summed E-state index contributed by atoms with van der Waals surface area (Å²) in [5.41, 5.74) is -0.454. The van der Waals surface area contributed by atoms with Gasteiger partial charge in [-0.15, -0.1) is 0 Å². The topological polar surface area (TPSA) is 117 Å². The van der Waals surface area contributed by atoms with Crippen molar-refractivity contribution in [3.8, 4) is 11.5 Å². The number of carbonyl (C=O) groups excluding carboxylic acids is 4. The van der Waals surface area contributed by atoms with E-state index in [1.54, 1.807) is 55.5 Å². The van der Waals surface area contributed by atoms with Gasteiger partial charge in [0.1, 0.15) is 5.92 Å². The number of hydrogen-bond donors (Lipinski definition) is 1. The van der Waals surface area contributed by atoms with Crippen LogP contribution in [0.1, 0.15) is 44.9 Å². The molecule has 1 N–H and O–H groups in total. The third-order valence-corrected chi connectivity index (χ3v) is 7.94. The van der Waals surface area contributed by atoms with E-state index in [0.717, 1.165) is 5.56 Å². The van der Waals surface area contributed by atoms with Crippen LogP contribution in [-0.4, -0.2) is 42.4 Å². The summed E-state index contributed by atoms with van der Waals surface area (Å²) in [6.07, 6.45) is -1.18. The summed E-state index contributed by atoms with van der Waals surface area (Å²) in [5.74, 6) is -4.84. The van der Waals surface area contributed by atoms with Crippen molar-refractivity contribution in [2.45, 2.75) is 25.6 Å². The minimum Gasteiger partial charge on any atom is -0.466 e. The molecule has 3 atom stereocenters. The van der Waals surface area contributed by atoms with Crippen LogP contribution in [0.2, 0.25) is 5.02 Å². The summed E-state index contributed by atoms with van der Waals surface area (Å²) in [7, 11) is 0. The maximum Gasteiger partial charge on any atom is 0.313 e. The molecule has 1 amide bonds. The van der Waals surface area contributed by atoms with Gasteiger partial charge in [0.15, 0.2) is 11.5 Å². The van der Waals surface area contributed by atoms with Crippen LogP contribution in [0.25, 0.3) is 0 Å². The Morgan fingerprint density at radius 1 is 1.00 bits per heavy atom. The van der Waals surface area contributed by atoms with Gasteiger partial charge in [0.2, 0.25) is 29.9 Å². The van der Waals surface area contributed by atoms with Crippen LogP contribution in [0.15, 0.2) is 60.7 Å². The molecule has 1 fully saturated rings. The molecule has 1 unspecified atom stereocenters. The number of amides is 1. The first kappa shape index (κ1) is 26.0. The summed E-state index contributed by atoms with van der Waals surface area (Å²) < 4.78 is 22.5. The molecule has 40 heavy (non-hydrogen) atoms. The van der Waals surface area contributed by atoms with Gasteiger partial charge >= 0.3 is 5.97 Å². The lowest BCUT2D eigenvalue weighted by Gasteiger charge is -2.27. The number of hydrogen-bond acceptors (Lipinski definition) is 8. The van der Waals surface area contributed by atoms with Gasteiger partial charge in [0, 0.05) is 27.9 Å². The number of ether oxygens (including phenoxy) is 4. The van der Waals surface area contributed by atoms with Gasteiger partial charge in [0.25, 0.3) is 0 Å². The molecule has 1 aliphatic carbocycles. The fraction of sp³-hybridized carbons (Fsp3) is 0.267. The van der Waals surface area contributed by atoms with Crippen molar-refractivity contribution < 1.29 is 38.1 Å². The molecule has 2 heterocycles. The number of nitrogens with one attached hydrogen (secondary N) is 1. The molecule has 0 saturated carbocycles. The average molecular weight is 562 g/mol. The number of anilines is 1. The standard InChI is InChI=1S/C30H24ClNO8/c1-3-37-29(36)24-23(28(35)32-17-10-11-21-22(13-17)39-14-38-21)25(16-9-8-15(2)20(31)12-16)40-30(24)26(33)18-6-4-5-7-19(18)27(30)34/h4-13,23-25H,3,14H2,1-2H3,(H,32,35)/t23-,24+,25?/m0/s1. The summed E-state index contributed by atoms with van der Waals surface area (Å²) >= 11 is 6.43. The highest BCUT2D eigenvalue weighted by Gasteiger charge is 2.71.